The molecule has 1 aromatic heterocycles. The Hall–Kier alpha value is -1.40. The maximum Gasteiger partial charge on any atom is 0.236 e. The molecule has 0 fully saturated rings. The summed E-state index contributed by atoms with van der Waals surface area (Å²) in [5.74, 6) is 0.0593. The molecule has 96 valence electrons. The van der Waals surface area contributed by atoms with Gasteiger partial charge in [0.25, 0.3) is 0 Å². The van der Waals surface area contributed by atoms with Gasteiger partial charge in [0.05, 0.1) is 16.3 Å². The minimum atomic E-state index is -3.48. The SMILES string of the molecule is CC(C)S(=O)(=O)Nc1nc2ccccc2nc1Cl. The van der Waals surface area contributed by atoms with Crippen LogP contribution in [0.4, 0.5) is 5.82 Å². The standard InChI is InChI=1S/C11H12ClN3O2S/c1-7(2)18(16,17)15-11-10(12)13-8-5-3-4-6-9(8)14-11/h3-7H,1-2H3,(H,14,15). The van der Waals surface area contributed by atoms with Crippen LogP contribution in [0.25, 0.3) is 11.0 Å². The Labute approximate surface area is 110 Å². The van der Waals surface area contributed by atoms with Gasteiger partial charge in [0.2, 0.25) is 10.0 Å². The van der Waals surface area contributed by atoms with Crippen molar-refractivity contribution in [2.24, 2.45) is 0 Å². The molecule has 0 atom stereocenters. The van der Waals surface area contributed by atoms with E-state index >= 15 is 0 Å². The molecule has 0 bridgehead atoms. The summed E-state index contributed by atoms with van der Waals surface area (Å²) in [6, 6.07) is 7.11. The fourth-order valence-corrected chi connectivity index (χ4v) is 2.18. The predicted molar refractivity (Wildman–Crippen MR) is 72.2 cm³/mol. The summed E-state index contributed by atoms with van der Waals surface area (Å²) in [5.41, 5.74) is 1.21. The zero-order valence-electron chi connectivity index (χ0n) is 9.88. The van der Waals surface area contributed by atoms with E-state index < -0.39 is 15.3 Å². The summed E-state index contributed by atoms with van der Waals surface area (Å²) in [4.78, 5) is 8.25. The monoisotopic (exact) mass is 285 g/mol. The van der Waals surface area contributed by atoms with Gasteiger partial charge in [-0.3, -0.25) is 4.72 Å². The summed E-state index contributed by atoms with van der Waals surface area (Å²) < 4.78 is 25.8. The number of halogens is 1. The molecule has 18 heavy (non-hydrogen) atoms. The molecule has 1 heterocycles. The number of sulfonamides is 1. The van der Waals surface area contributed by atoms with Crippen molar-refractivity contribution in [3.05, 3.63) is 29.4 Å². The molecular formula is C11H12ClN3O2S. The molecule has 0 aliphatic heterocycles. The highest BCUT2D eigenvalue weighted by Crippen LogP contribution is 2.22. The van der Waals surface area contributed by atoms with Crippen LogP contribution in [0, 0.1) is 0 Å². The van der Waals surface area contributed by atoms with Crippen LogP contribution >= 0.6 is 11.6 Å². The fourth-order valence-electron chi connectivity index (χ4n) is 1.30. The fraction of sp³-hybridized carbons (Fsp3) is 0.273. The Balaban J connectivity index is 2.49. The molecule has 1 aromatic carbocycles. The normalized spacial score (nSPS) is 12.0. The lowest BCUT2D eigenvalue weighted by Crippen LogP contribution is -2.23. The van der Waals surface area contributed by atoms with E-state index in [-0.39, 0.29) is 11.0 Å². The molecule has 0 amide bonds. The van der Waals surface area contributed by atoms with E-state index in [1.165, 1.54) is 0 Å². The summed E-state index contributed by atoms with van der Waals surface area (Å²) in [5, 5.41) is -0.528. The highest BCUT2D eigenvalue weighted by atomic mass is 35.5. The minimum absolute atomic E-state index is 0.0397. The second-order valence-corrected chi connectivity index (χ2v) is 6.64. The number of hydrogen-bond acceptors (Lipinski definition) is 4. The molecular weight excluding hydrogens is 274 g/mol. The Kier molecular flexibility index (Phi) is 3.41. The molecule has 0 spiro atoms. The highest BCUT2D eigenvalue weighted by Gasteiger charge is 2.18. The lowest BCUT2D eigenvalue weighted by Gasteiger charge is -2.11. The van der Waals surface area contributed by atoms with E-state index in [0.29, 0.717) is 11.0 Å². The summed E-state index contributed by atoms with van der Waals surface area (Å²) in [6.45, 7) is 3.15. The van der Waals surface area contributed by atoms with Crippen molar-refractivity contribution < 1.29 is 8.42 Å². The van der Waals surface area contributed by atoms with Gasteiger partial charge in [0.1, 0.15) is 0 Å². The maximum absolute atomic E-state index is 11.8. The van der Waals surface area contributed by atoms with Crippen LogP contribution in [-0.4, -0.2) is 23.6 Å². The van der Waals surface area contributed by atoms with Crippen molar-refractivity contribution in [2.45, 2.75) is 19.1 Å². The molecule has 0 radical (unpaired) electrons. The maximum atomic E-state index is 11.8. The van der Waals surface area contributed by atoms with E-state index in [2.05, 4.69) is 14.7 Å². The number of anilines is 1. The van der Waals surface area contributed by atoms with Crippen LogP contribution in [0.2, 0.25) is 5.15 Å². The zero-order valence-corrected chi connectivity index (χ0v) is 11.5. The first kappa shape index (κ1) is 13.0. The van der Waals surface area contributed by atoms with Crippen molar-refractivity contribution in [2.75, 3.05) is 4.72 Å². The second-order valence-electron chi connectivity index (χ2n) is 4.05. The molecule has 7 heteroatoms. The lowest BCUT2D eigenvalue weighted by molar-refractivity contribution is 0.592. The topological polar surface area (TPSA) is 72.0 Å². The third kappa shape index (κ3) is 2.54. The Morgan fingerprint density at radius 3 is 2.28 bits per heavy atom. The zero-order chi connectivity index (χ0) is 13.3. The smallest absolute Gasteiger partial charge is 0.236 e. The highest BCUT2D eigenvalue weighted by molar-refractivity contribution is 7.93. The minimum Gasteiger partial charge on any atom is -0.265 e. The van der Waals surface area contributed by atoms with Crippen LogP contribution < -0.4 is 4.72 Å². The number of rotatable bonds is 3. The molecule has 1 N–H and O–H groups in total. The van der Waals surface area contributed by atoms with Crippen molar-refractivity contribution in [1.29, 1.82) is 0 Å². The second kappa shape index (κ2) is 4.70. The van der Waals surface area contributed by atoms with Gasteiger partial charge in [-0.25, -0.2) is 18.4 Å². The van der Waals surface area contributed by atoms with E-state index in [0.717, 1.165) is 0 Å². The summed E-state index contributed by atoms with van der Waals surface area (Å²) >= 11 is 5.91. The Bertz CT molecular complexity index is 686. The van der Waals surface area contributed by atoms with Crippen molar-refractivity contribution in [3.63, 3.8) is 0 Å². The van der Waals surface area contributed by atoms with E-state index in [1.807, 2.05) is 6.07 Å². The first-order chi connectivity index (χ1) is 8.40. The predicted octanol–water partition coefficient (Wildman–Crippen LogP) is 2.43. The molecule has 5 nitrogen and oxygen atoms in total. The van der Waals surface area contributed by atoms with Crippen LogP contribution in [0.5, 0.6) is 0 Å². The van der Waals surface area contributed by atoms with Gasteiger partial charge in [-0.1, -0.05) is 23.7 Å². The number of para-hydroxylation sites is 2. The van der Waals surface area contributed by atoms with Crippen molar-refractivity contribution in [3.8, 4) is 0 Å². The number of benzene rings is 1. The molecule has 0 saturated heterocycles. The molecule has 0 aliphatic carbocycles. The van der Waals surface area contributed by atoms with E-state index in [4.69, 9.17) is 11.6 Å². The number of nitrogens with one attached hydrogen (secondary N) is 1. The van der Waals surface area contributed by atoms with Gasteiger partial charge in [-0.15, -0.1) is 0 Å². The van der Waals surface area contributed by atoms with Gasteiger partial charge in [-0.2, -0.15) is 0 Å². The van der Waals surface area contributed by atoms with Crippen LogP contribution in [0.3, 0.4) is 0 Å². The van der Waals surface area contributed by atoms with Crippen LogP contribution in [0.1, 0.15) is 13.8 Å². The molecule has 2 rings (SSSR count). The van der Waals surface area contributed by atoms with Crippen molar-refractivity contribution in [1.82, 2.24) is 9.97 Å². The Morgan fingerprint density at radius 2 is 1.72 bits per heavy atom. The van der Waals surface area contributed by atoms with Gasteiger partial charge in [-0.05, 0) is 26.0 Å². The third-order valence-electron chi connectivity index (χ3n) is 2.39. The number of nitrogens with zero attached hydrogens (tertiary/aromatic N) is 2. The van der Waals surface area contributed by atoms with Gasteiger partial charge < -0.3 is 0 Å². The molecule has 0 unspecified atom stereocenters. The summed E-state index contributed by atoms with van der Waals surface area (Å²) in [7, 11) is -3.48. The van der Waals surface area contributed by atoms with Crippen LogP contribution in [0.15, 0.2) is 24.3 Å². The number of fused-ring (bicyclic) bond motifs is 1. The average molecular weight is 286 g/mol. The molecule has 2 aromatic rings. The van der Waals surface area contributed by atoms with Gasteiger partial charge in [0.15, 0.2) is 11.0 Å². The number of hydrogen-bond donors (Lipinski definition) is 1. The molecule has 0 saturated carbocycles. The largest absolute Gasteiger partial charge is 0.265 e. The van der Waals surface area contributed by atoms with E-state index in [9.17, 15) is 8.42 Å². The Morgan fingerprint density at radius 1 is 1.17 bits per heavy atom. The van der Waals surface area contributed by atoms with Crippen molar-refractivity contribution >= 4 is 38.5 Å². The summed E-state index contributed by atoms with van der Waals surface area (Å²) in [6.07, 6.45) is 0. The third-order valence-corrected chi connectivity index (χ3v) is 4.37. The first-order valence-electron chi connectivity index (χ1n) is 5.34. The molecule has 0 aliphatic rings. The quantitative estimate of drug-likeness (QED) is 0.940. The first-order valence-corrected chi connectivity index (χ1v) is 7.26. The number of aromatic nitrogens is 2. The van der Waals surface area contributed by atoms with Gasteiger partial charge >= 0.3 is 0 Å². The average Bonchev–Trinajstić information content (AvgIpc) is 2.29. The van der Waals surface area contributed by atoms with E-state index in [1.54, 1.807) is 32.0 Å². The van der Waals surface area contributed by atoms with Gasteiger partial charge in [0, 0.05) is 0 Å². The lowest BCUT2D eigenvalue weighted by atomic mass is 10.3. The van der Waals surface area contributed by atoms with Crippen LogP contribution in [-0.2, 0) is 10.0 Å².